The fourth-order valence-electron chi connectivity index (χ4n) is 9.42. The number of phenols is 17. The van der Waals surface area contributed by atoms with E-state index in [4.69, 9.17) is 42.6 Å². The first-order valence-electron chi connectivity index (χ1n) is 25.6. The monoisotopic (exact) mass is 1300 g/mol. The van der Waals surface area contributed by atoms with Gasteiger partial charge in [0.15, 0.2) is 92.7 Å². The Labute approximate surface area is 507 Å². The molecule has 3 aliphatic heterocycles. The van der Waals surface area contributed by atoms with E-state index in [1.54, 1.807) is 0 Å². The zero-order chi connectivity index (χ0) is 67.6. The number of phenolic OH excluding ortho intramolecular Hbond substituents is 17. The van der Waals surface area contributed by atoms with Crippen molar-refractivity contribution in [1.29, 1.82) is 0 Å². The van der Waals surface area contributed by atoms with E-state index in [1.807, 2.05) is 0 Å². The molecule has 6 aromatic rings. The van der Waals surface area contributed by atoms with Gasteiger partial charge in [0.1, 0.15) is 49.3 Å². The lowest BCUT2D eigenvalue weighted by Crippen LogP contribution is -2.66. The van der Waals surface area contributed by atoms with Gasteiger partial charge < -0.3 is 155 Å². The predicted octanol–water partition coefficient (Wildman–Crippen LogP) is -0.811. The molecule has 22 N–H and O–H groups in total. The molecule has 0 radical (unpaired) electrons. The van der Waals surface area contributed by atoms with Crippen molar-refractivity contribution in [3.63, 3.8) is 0 Å². The molecule has 0 unspecified atom stereocenters. The lowest BCUT2D eigenvalue weighted by atomic mass is 9.92. The number of benzene rings is 6. The summed E-state index contributed by atoms with van der Waals surface area (Å²) in [7, 11) is 0. The molecule has 2 saturated heterocycles. The highest BCUT2D eigenvalue weighted by Crippen LogP contribution is 2.54. The van der Waals surface area contributed by atoms with E-state index < -0.39 is 270 Å². The maximum atomic E-state index is 14.7. The molecule has 0 aliphatic carbocycles. The molecule has 0 aromatic heterocycles. The summed E-state index contributed by atoms with van der Waals surface area (Å²) in [6, 6.07) is 3.66. The van der Waals surface area contributed by atoms with Gasteiger partial charge in [0, 0.05) is 17.2 Å². The quantitative estimate of drug-likeness (QED) is 0.0405. The molecule has 0 saturated carbocycles. The number of esters is 6. The van der Waals surface area contributed by atoms with E-state index in [0.29, 0.717) is 54.6 Å². The third-order valence-electron chi connectivity index (χ3n) is 14.1. The van der Waals surface area contributed by atoms with Crippen molar-refractivity contribution in [2.24, 2.45) is 0 Å². The van der Waals surface area contributed by atoms with Crippen LogP contribution in [0.5, 0.6) is 109 Å². The standard InChI is InChI=1S/C55H46O37/c56-10-28-38(71)42(75)47(76)55(83,92-28)12-85-52(81)18-9-26(64)37(70)41(74)43(18)86-27-6-15(5-23(61)34(27)67)50(79)91-54-46(90-49(78)14-3-21(59)33(66)22(60)4-14)45(89-48(77)13-1-19(57)32(65)20(58)2-13)44-29(87-54)11-84-51(80)16-7-24(62)35(68)39(72)30(16)31-17(53(82)88-44)8-25(63)36(69)40(31)73/h1-9,28-29,38,42,44-47,54,56-76,83H,10-12H2/t28-,29-,38-,42-,44-,45+,46-,47+,54+,55-/m1/s1. The number of carbonyl (C=O) groups excluding carboxylic acids is 6. The van der Waals surface area contributed by atoms with Gasteiger partial charge >= 0.3 is 35.8 Å². The van der Waals surface area contributed by atoms with Gasteiger partial charge in [0.2, 0.25) is 46.9 Å². The highest BCUT2D eigenvalue weighted by Gasteiger charge is 2.56. The number of hydrogen-bond donors (Lipinski definition) is 22. The molecule has 37 nitrogen and oxygen atoms in total. The van der Waals surface area contributed by atoms with Crippen LogP contribution in [0.2, 0.25) is 0 Å². The summed E-state index contributed by atoms with van der Waals surface area (Å²) >= 11 is 0. The molecule has 9 rings (SSSR count). The first-order valence-corrected chi connectivity index (χ1v) is 25.6. The second-order valence-electron chi connectivity index (χ2n) is 20.0. The lowest BCUT2D eigenvalue weighted by Gasteiger charge is -2.44. The van der Waals surface area contributed by atoms with E-state index in [2.05, 4.69) is 0 Å². The van der Waals surface area contributed by atoms with Crippen molar-refractivity contribution in [2.45, 2.75) is 60.9 Å². The fourth-order valence-corrected chi connectivity index (χ4v) is 9.42. The Balaban J connectivity index is 1.16. The first-order chi connectivity index (χ1) is 43.2. The molecule has 3 aliphatic rings. The Kier molecular flexibility index (Phi) is 17.1. The Morgan fingerprint density at radius 1 is 0.500 bits per heavy atom. The number of ether oxygens (including phenoxy) is 9. The fraction of sp³-hybridized carbons (Fsp3) is 0.236. The van der Waals surface area contributed by atoms with Crippen LogP contribution in [-0.2, 0) is 37.9 Å². The number of aliphatic hydroxyl groups is 5. The molecule has 0 spiro atoms. The minimum absolute atomic E-state index is 0.329. The van der Waals surface area contributed by atoms with Crippen LogP contribution >= 0.6 is 0 Å². The van der Waals surface area contributed by atoms with Gasteiger partial charge in [-0.15, -0.1) is 0 Å². The van der Waals surface area contributed by atoms with Gasteiger partial charge in [-0.2, -0.15) is 0 Å². The molecular formula is C55H46O37. The van der Waals surface area contributed by atoms with Gasteiger partial charge in [0.25, 0.3) is 0 Å². The van der Waals surface area contributed by atoms with E-state index in [9.17, 15) is 141 Å². The van der Waals surface area contributed by atoms with Crippen LogP contribution in [0.25, 0.3) is 11.1 Å². The number of fused-ring (bicyclic) bond motifs is 4. The number of aliphatic hydroxyl groups excluding tert-OH is 4. The van der Waals surface area contributed by atoms with Crippen LogP contribution in [0.15, 0.2) is 54.6 Å². The third-order valence-corrected chi connectivity index (χ3v) is 14.1. The van der Waals surface area contributed by atoms with Crippen LogP contribution in [0.3, 0.4) is 0 Å². The number of aromatic hydroxyl groups is 17. The Bertz CT molecular complexity index is 4000. The van der Waals surface area contributed by atoms with Gasteiger partial charge in [-0.05, 0) is 48.5 Å². The lowest BCUT2D eigenvalue weighted by molar-refractivity contribution is -0.357. The predicted molar refractivity (Wildman–Crippen MR) is 283 cm³/mol. The van der Waals surface area contributed by atoms with Crippen LogP contribution in [-0.4, -0.2) is 229 Å². The Morgan fingerprint density at radius 2 is 0.946 bits per heavy atom. The summed E-state index contributed by atoms with van der Waals surface area (Å²) in [5.41, 5.74) is -8.76. The second-order valence-corrected chi connectivity index (χ2v) is 20.0. The summed E-state index contributed by atoms with van der Waals surface area (Å²) < 4.78 is 49.4. The van der Waals surface area contributed by atoms with Crippen molar-refractivity contribution >= 4 is 35.8 Å². The van der Waals surface area contributed by atoms with Crippen LogP contribution in [0, 0.1) is 0 Å². The van der Waals surface area contributed by atoms with Crippen LogP contribution < -0.4 is 4.74 Å². The van der Waals surface area contributed by atoms with Crippen molar-refractivity contribution in [3.8, 4) is 120 Å². The number of carbonyl (C=O) groups is 6. The Hall–Kier alpha value is -11.7. The van der Waals surface area contributed by atoms with E-state index >= 15 is 0 Å². The number of hydrogen-bond acceptors (Lipinski definition) is 37. The maximum Gasteiger partial charge on any atom is 0.342 e. The summed E-state index contributed by atoms with van der Waals surface area (Å²) in [6.45, 7) is -4.00. The van der Waals surface area contributed by atoms with Gasteiger partial charge in [0.05, 0.1) is 34.4 Å². The largest absolute Gasteiger partial charge is 0.504 e. The van der Waals surface area contributed by atoms with Crippen molar-refractivity contribution < 1.29 is 184 Å². The van der Waals surface area contributed by atoms with Gasteiger partial charge in [-0.3, -0.25) is 0 Å². The average molecular weight is 1300 g/mol. The summed E-state index contributed by atoms with van der Waals surface area (Å²) in [5.74, 6) is -39.8. The summed E-state index contributed by atoms with van der Waals surface area (Å²) in [6.07, 6.45) is -21.8. The van der Waals surface area contributed by atoms with Gasteiger partial charge in [-0.25, -0.2) is 28.8 Å². The van der Waals surface area contributed by atoms with Crippen LogP contribution in [0.1, 0.15) is 62.1 Å². The smallest absolute Gasteiger partial charge is 0.342 e. The van der Waals surface area contributed by atoms with E-state index in [-0.39, 0.29) is 0 Å². The molecule has 0 bridgehead atoms. The molecule has 37 heteroatoms. The second kappa shape index (κ2) is 24.3. The molecular weight excluding hydrogens is 1250 g/mol. The van der Waals surface area contributed by atoms with Crippen molar-refractivity contribution in [2.75, 3.05) is 19.8 Å². The van der Waals surface area contributed by atoms with Crippen molar-refractivity contribution in [3.05, 3.63) is 88.0 Å². The van der Waals surface area contributed by atoms with Crippen molar-refractivity contribution in [1.82, 2.24) is 0 Å². The average Bonchev–Trinajstić information content (AvgIpc) is 1.16. The third kappa shape index (κ3) is 11.6. The topological polar surface area (TPSA) is 631 Å². The summed E-state index contributed by atoms with van der Waals surface area (Å²) in [4.78, 5) is 85.6. The zero-order valence-corrected chi connectivity index (χ0v) is 45.5. The number of rotatable bonds is 12. The summed E-state index contributed by atoms with van der Waals surface area (Å²) in [5, 5.41) is 232. The van der Waals surface area contributed by atoms with Crippen LogP contribution in [0.4, 0.5) is 0 Å². The molecule has 3 heterocycles. The minimum Gasteiger partial charge on any atom is -0.504 e. The minimum atomic E-state index is -3.12. The highest BCUT2D eigenvalue weighted by atomic mass is 16.8. The Morgan fingerprint density at radius 3 is 1.47 bits per heavy atom. The zero-order valence-electron chi connectivity index (χ0n) is 45.5. The molecule has 92 heavy (non-hydrogen) atoms. The molecule has 6 aromatic carbocycles. The molecule has 0 amide bonds. The van der Waals surface area contributed by atoms with E-state index in [0.717, 1.165) is 0 Å². The number of cyclic esters (lactones) is 1. The first kappa shape index (κ1) is 64.7. The van der Waals surface area contributed by atoms with Gasteiger partial charge in [-0.1, -0.05) is 0 Å². The molecule has 488 valence electrons. The normalized spacial score (nSPS) is 22.8. The highest BCUT2D eigenvalue weighted by molar-refractivity contribution is 6.08. The maximum absolute atomic E-state index is 14.7. The van der Waals surface area contributed by atoms with E-state index in [1.165, 1.54) is 0 Å². The molecule has 10 atom stereocenters. The molecule has 2 fully saturated rings. The SMILES string of the molecule is O=C(O[C@@H]1O[C@@H]2COC(=O)c3cc(O)c(O)c(O)c3-c3c(cc(O)c(O)c3O)C(=O)O[C@H]2[C@H](OC(=O)c2cc(O)c(O)c(O)c2)[C@H]1OC(=O)c1cc(O)c(O)c(O)c1)c1cc(O)c(O)c(Oc2c(C(=O)OC[C@@]3(O)O[C@H](CO)[C@@H](O)[C@@H](O)[C@@H]3O)cc(O)c(O)c2O)c1.